The molecule has 30 heavy (non-hydrogen) atoms. The fourth-order valence-corrected chi connectivity index (χ4v) is 5.58. The number of hydrogen-bond acceptors (Lipinski definition) is 4. The molecule has 1 N–H and O–H groups in total. The average Bonchev–Trinajstić information content (AvgIpc) is 3.40. The number of halogens is 1. The highest BCUT2D eigenvalue weighted by Crippen LogP contribution is 2.25. The second-order valence-corrected chi connectivity index (χ2v) is 9.82. The predicted octanol–water partition coefficient (Wildman–Crippen LogP) is 4.81. The fourth-order valence-electron chi connectivity index (χ4n) is 3.36. The maximum Gasteiger partial charge on any atom is 0.243 e. The van der Waals surface area contributed by atoms with Crippen LogP contribution in [0.3, 0.4) is 0 Å². The summed E-state index contributed by atoms with van der Waals surface area (Å²) < 4.78 is 47.0. The molecule has 0 bridgehead atoms. The largest absolute Gasteiger partial charge is 0.497 e. The van der Waals surface area contributed by atoms with Crippen molar-refractivity contribution in [1.29, 1.82) is 0 Å². The number of aromatic amines is 1. The van der Waals surface area contributed by atoms with E-state index in [1.165, 1.54) is 34.9 Å². The number of hydrogen-bond donors (Lipinski definition) is 1. The second-order valence-electron chi connectivity index (χ2n) is 6.85. The summed E-state index contributed by atoms with van der Waals surface area (Å²) in [6.07, 6.45) is 2.28. The van der Waals surface area contributed by atoms with Crippen LogP contribution in [-0.2, 0) is 23.0 Å². The molecule has 0 fully saturated rings. The lowest BCUT2D eigenvalue weighted by Crippen LogP contribution is -2.32. The van der Waals surface area contributed by atoms with Crippen LogP contribution in [0, 0.1) is 5.82 Å². The van der Waals surface area contributed by atoms with E-state index >= 15 is 0 Å². The van der Waals surface area contributed by atoms with Crippen molar-refractivity contribution in [3.05, 3.63) is 82.4 Å². The molecule has 4 rings (SSSR count). The molecule has 0 atom stereocenters. The maximum atomic E-state index is 13.7. The number of ether oxygens (including phenoxy) is 1. The van der Waals surface area contributed by atoms with Crippen LogP contribution in [0.25, 0.3) is 10.9 Å². The van der Waals surface area contributed by atoms with Gasteiger partial charge in [-0.3, -0.25) is 0 Å². The first-order valence-electron chi connectivity index (χ1n) is 9.39. The third-order valence-corrected chi connectivity index (χ3v) is 7.69. The van der Waals surface area contributed by atoms with Crippen LogP contribution in [-0.4, -0.2) is 31.4 Å². The molecule has 0 aliphatic rings. The molecule has 4 aromatic rings. The third-order valence-electron chi connectivity index (χ3n) is 4.97. The van der Waals surface area contributed by atoms with Gasteiger partial charge < -0.3 is 9.72 Å². The molecule has 2 heterocycles. The minimum atomic E-state index is -3.72. The van der Waals surface area contributed by atoms with Gasteiger partial charge in [-0.05, 0) is 65.9 Å². The van der Waals surface area contributed by atoms with Gasteiger partial charge in [-0.25, -0.2) is 12.8 Å². The number of methoxy groups -OCH3 is 1. The summed E-state index contributed by atoms with van der Waals surface area (Å²) in [5.74, 6) is 0.282. The van der Waals surface area contributed by atoms with Gasteiger partial charge in [-0.1, -0.05) is 6.07 Å². The number of benzene rings is 2. The Morgan fingerprint density at radius 3 is 2.63 bits per heavy atom. The zero-order chi connectivity index (χ0) is 21.1. The molecule has 0 radical (unpaired) electrons. The highest BCUT2D eigenvalue weighted by atomic mass is 32.2. The standard InChI is InChI=1S/C22H21FN2O3S2/c1-28-18-5-7-20(8-6-18)30(26,27)25(15-19-3-2-12-29-19)11-10-16-14-24-22-9-4-17(23)13-21(16)22/h2-9,12-14,24H,10-11,15H2,1H3. The molecule has 0 saturated heterocycles. The van der Waals surface area contributed by atoms with Crippen LogP contribution < -0.4 is 4.74 Å². The Bertz CT molecular complexity index is 1230. The van der Waals surface area contributed by atoms with Gasteiger partial charge in [0.05, 0.1) is 12.0 Å². The molecule has 0 aliphatic heterocycles. The van der Waals surface area contributed by atoms with Gasteiger partial charge in [-0.15, -0.1) is 11.3 Å². The van der Waals surface area contributed by atoms with Crippen LogP contribution in [0.15, 0.2) is 71.1 Å². The van der Waals surface area contributed by atoms with E-state index in [1.807, 2.05) is 23.7 Å². The first-order valence-corrected chi connectivity index (χ1v) is 11.7. The zero-order valence-corrected chi connectivity index (χ0v) is 18.0. The van der Waals surface area contributed by atoms with Gasteiger partial charge >= 0.3 is 0 Å². The summed E-state index contributed by atoms with van der Waals surface area (Å²) in [5.41, 5.74) is 1.71. The van der Waals surface area contributed by atoms with Crippen molar-refractivity contribution >= 4 is 32.3 Å². The van der Waals surface area contributed by atoms with Gasteiger partial charge in [0.1, 0.15) is 11.6 Å². The Hall–Kier alpha value is -2.68. The molecule has 2 aromatic heterocycles. The zero-order valence-electron chi connectivity index (χ0n) is 16.3. The van der Waals surface area contributed by atoms with E-state index in [1.54, 1.807) is 30.3 Å². The molecular formula is C22H21FN2O3S2. The molecule has 5 nitrogen and oxygen atoms in total. The minimum absolute atomic E-state index is 0.213. The number of fused-ring (bicyclic) bond motifs is 1. The van der Waals surface area contributed by atoms with Gasteiger partial charge in [0.25, 0.3) is 0 Å². The number of sulfonamides is 1. The summed E-state index contributed by atoms with van der Waals surface area (Å²) >= 11 is 1.51. The second kappa shape index (κ2) is 8.59. The molecule has 156 valence electrons. The maximum absolute atomic E-state index is 13.7. The fraction of sp³-hybridized carbons (Fsp3) is 0.182. The SMILES string of the molecule is COc1ccc(S(=O)(=O)N(CCc2c[nH]c3ccc(F)cc23)Cc2cccs2)cc1. The van der Waals surface area contributed by atoms with Crippen molar-refractivity contribution in [3.63, 3.8) is 0 Å². The Balaban J connectivity index is 1.62. The van der Waals surface area contributed by atoms with Gasteiger partial charge in [-0.2, -0.15) is 4.31 Å². The van der Waals surface area contributed by atoms with Crippen molar-refractivity contribution in [1.82, 2.24) is 9.29 Å². The molecule has 0 spiro atoms. The van der Waals surface area contributed by atoms with Crippen LogP contribution in [0.5, 0.6) is 5.75 Å². The minimum Gasteiger partial charge on any atom is -0.497 e. The monoisotopic (exact) mass is 444 g/mol. The van der Waals surface area contributed by atoms with Gasteiger partial charge in [0.2, 0.25) is 10.0 Å². The number of H-pyrrole nitrogens is 1. The number of thiophene rings is 1. The van der Waals surface area contributed by atoms with E-state index in [9.17, 15) is 12.8 Å². The van der Waals surface area contributed by atoms with E-state index in [2.05, 4.69) is 4.98 Å². The van der Waals surface area contributed by atoms with E-state index < -0.39 is 10.0 Å². The van der Waals surface area contributed by atoms with E-state index in [0.29, 0.717) is 12.2 Å². The van der Waals surface area contributed by atoms with Crippen molar-refractivity contribution < 1.29 is 17.5 Å². The summed E-state index contributed by atoms with van der Waals surface area (Å²) in [7, 11) is -2.18. The highest BCUT2D eigenvalue weighted by molar-refractivity contribution is 7.89. The van der Waals surface area contributed by atoms with E-state index in [4.69, 9.17) is 4.74 Å². The Labute approximate surface area is 178 Å². The molecule has 0 aliphatic carbocycles. The Morgan fingerprint density at radius 1 is 1.13 bits per heavy atom. The van der Waals surface area contributed by atoms with Crippen LogP contribution >= 0.6 is 11.3 Å². The van der Waals surface area contributed by atoms with Gasteiger partial charge in [0, 0.05) is 35.1 Å². The summed E-state index contributed by atoms with van der Waals surface area (Å²) in [5, 5.41) is 2.70. The van der Waals surface area contributed by atoms with E-state index in [0.717, 1.165) is 21.3 Å². The highest BCUT2D eigenvalue weighted by Gasteiger charge is 2.25. The number of aromatic nitrogens is 1. The molecule has 2 aromatic carbocycles. The lowest BCUT2D eigenvalue weighted by atomic mass is 10.1. The number of nitrogens with one attached hydrogen (secondary N) is 1. The van der Waals surface area contributed by atoms with Gasteiger partial charge in [0.15, 0.2) is 0 Å². The average molecular weight is 445 g/mol. The summed E-state index contributed by atoms with van der Waals surface area (Å²) in [6.45, 7) is 0.554. The van der Waals surface area contributed by atoms with Crippen LogP contribution in [0.1, 0.15) is 10.4 Å². The quantitative estimate of drug-likeness (QED) is 0.424. The van der Waals surface area contributed by atoms with E-state index in [-0.39, 0.29) is 23.8 Å². The molecule has 0 unspecified atom stereocenters. The third kappa shape index (κ3) is 4.26. The Kier molecular flexibility index (Phi) is 5.90. The number of nitrogens with zero attached hydrogens (tertiary/aromatic N) is 1. The lowest BCUT2D eigenvalue weighted by molar-refractivity contribution is 0.410. The van der Waals surface area contributed by atoms with Crippen LogP contribution in [0.2, 0.25) is 0 Å². The smallest absolute Gasteiger partial charge is 0.243 e. The first-order chi connectivity index (χ1) is 14.5. The molecule has 8 heteroatoms. The normalized spacial score (nSPS) is 12.0. The van der Waals surface area contributed by atoms with Crippen molar-refractivity contribution in [2.45, 2.75) is 17.9 Å². The predicted molar refractivity (Wildman–Crippen MR) is 117 cm³/mol. The lowest BCUT2D eigenvalue weighted by Gasteiger charge is -2.22. The topological polar surface area (TPSA) is 62.4 Å². The van der Waals surface area contributed by atoms with Crippen LogP contribution in [0.4, 0.5) is 4.39 Å². The molecule has 0 amide bonds. The number of rotatable bonds is 8. The summed E-state index contributed by atoms with van der Waals surface area (Å²) in [4.78, 5) is 4.29. The first kappa shape index (κ1) is 20.6. The summed E-state index contributed by atoms with van der Waals surface area (Å²) in [6, 6.07) is 14.8. The van der Waals surface area contributed by atoms with Crippen molar-refractivity contribution in [3.8, 4) is 5.75 Å². The molecular weight excluding hydrogens is 423 g/mol. The Morgan fingerprint density at radius 2 is 1.93 bits per heavy atom. The van der Waals surface area contributed by atoms with Crippen molar-refractivity contribution in [2.24, 2.45) is 0 Å². The molecule has 0 saturated carbocycles. The van der Waals surface area contributed by atoms with Crippen molar-refractivity contribution in [2.75, 3.05) is 13.7 Å².